The SMILES string of the molecule is Cc1nn(-c2ccc(C#N)cn2)c(C)c1C. The van der Waals surface area contributed by atoms with Gasteiger partial charge >= 0.3 is 0 Å². The van der Waals surface area contributed by atoms with Crippen molar-refractivity contribution in [1.82, 2.24) is 14.8 Å². The summed E-state index contributed by atoms with van der Waals surface area (Å²) in [6.45, 7) is 6.02. The first-order valence-corrected chi connectivity index (χ1v) is 5.03. The molecule has 0 aliphatic rings. The van der Waals surface area contributed by atoms with E-state index in [2.05, 4.69) is 10.1 Å². The monoisotopic (exact) mass is 212 g/mol. The molecule has 0 amide bonds. The molecule has 4 nitrogen and oxygen atoms in total. The molecule has 2 heterocycles. The molecule has 0 spiro atoms. The average molecular weight is 212 g/mol. The van der Waals surface area contributed by atoms with Crippen LogP contribution in [0.4, 0.5) is 0 Å². The minimum absolute atomic E-state index is 0.557. The van der Waals surface area contributed by atoms with Crippen LogP contribution in [0.25, 0.3) is 5.82 Å². The van der Waals surface area contributed by atoms with Crippen LogP contribution in [0.15, 0.2) is 18.3 Å². The molecule has 0 atom stereocenters. The number of aryl methyl sites for hydroxylation is 1. The summed E-state index contributed by atoms with van der Waals surface area (Å²) >= 11 is 0. The maximum absolute atomic E-state index is 8.69. The van der Waals surface area contributed by atoms with E-state index in [0.717, 1.165) is 17.2 Å². The van der Waals surface area contributed by atoms with Gasteiger partial charge in [-0.15, -0.1) is 0 Å². The molecule has 0 aliphatic heterocycles. The Hall–Kier alpha value is -2.15. The van der Waals surface area contributed by atoms with E-state index in [1.807, 2.05) is 26.8 Å². The predicted molar refractivity (Wildman–Crippen MR) is 60.3 cm³/mol. The van der Waals surface area contributed by atoms with Crippen LogP contribution in [-0.4, -0.2) is 14.8 Å². The van der Waals surface area contributed by atoms with E-state index in [4.69, 9.17) is 5.26 Å². The van der Waals surface area contributed by atoms with Gasteiger partial charge in [0.25, 0.3) is 0 Å². The molecule has 0 N–H and O–H groups in total. The number of nitriles is 1. The Bertz CT molecular complexity index is 558. The molecule has 0 aliphatic carbocycles. The Balaban J connectivity index is 2.51. The predicted octanol–water partition coefficient (Wildman–Crippen LogP) is 2.06. The van der Waals surface area contributed by atoms with Crippen molar-refractivity contribution >= 4 is 0 Å². The number of pyridine rings is 1. The topological polar surface area (TPSA) is 54.5 Å². The van der Waals surface area contributed by atoms with Crippen molar-refractivity contribution in [2.24, 2.45) is 0 Å². The lowest BCUT2D eigenvalue weighted by atomic mass is 10.2. The molecule has 16 heavy (non-hydrogen) atoms. The number of hydrogen-bond donors (Lipinski definition) is 0. The first-order chi connectivity index (χ1) is 7.63. The molecule has 0 aromatic carbocycles. The number of nitrogens with zero attached hydrogens (tertiary/aromatic N) is 4. The summed E-state index contributed by atoms with van der Waals surface area (Å²) in [6, 6.07) is 5.59. The highest BCUT2D eigenvalue weighted by Crippen LogP contribution is 2.15. The minimum atomic E-state index is 0.557. The van der Waals surface area contributed by atoms with E-state index < -0.39 is 0 Å². The second-order valence-electron chi connectivity index (χ2n) is 3.72. The second-order valence-corrected chi connectivity index (χ2v) is 3.72. The van der Waals surface area contributed by atoms with Gasteiger partial charge in [0, 0.05) is 11.9 Å². The normalized spacial score (nSPS) is 10.1. The molecular weight excluding hydrogens is 200 g/mol. The molecule has 0 bridgehead atoms. The fourth-order valence-electron chi connectivity index (χ4n) is 1.52. The highest BCUT2D eigenvalue weighted by atomic mass is 15.3. The Morgan fingerprint density at radius 3 is 2.44 bits per heavy atom. The van der Waals surface area contributed by atoms with Gasteiger partial charge in [-0.1, -0.05) is 0 Å². The summed E-state index contributed by atoms with van der Waals surface area (Å²) in [5.41, 5.74) is 3.81. The Morgan fingerprint density at radius 1 is 1.25 bits per heavy atom. The number of aromatic nitrogens is 3. The average Bonchev–Trinajstić information content (AvgIpc) is 2.57. The van der Waals surface area contributed by atoms with Crippen LogP contribution < -0.4 is 0 Å². The second kappa shape index (κ2) is 3.78. The summed E-state index contributed by atoms with van der Waals surface area (Å²) in [7, 11) is 0. The summed E-state index contributed by atoms with van der Waals surface area (Å²) in [5, 5.41) is 13.1. The van der Waals surface area contributed by atoms with Crippen molar-refractivity contribution in [1.29, 1.82) is 5.26 Å². The lowest BCUT2D eigenvalue weighted by molar-refractivity contribution is 0.805. The third-order valence-corrected chi connectivity index (χ3v) is 2.75. The van der Waals surface area contributed by atoms with E-state index >= 15 is 0 Å². The third kappa shape index (κ3) is 1.57. The lowest BCUT2D eigenvalue weighted by Gasteiger charge is -2.02. The third-order valence-electron chi connectivity index (χ3n) is 2.75. The van der Waals surface area contributed by atoms with Crippen LogP contribution in [0.1, 0.15) is 22.5 Å². The van der Waals surface area contributed by atoms with Gasteiger partial charge in [-0.05, 0) is 38.5 Å². The van der Waals surface area contributed by atoms with Gasteiger partial charge in [-0.25, -0.2) is 9.67 Å². The summed E-state index contributed by atoms with van der Waals surface area (Å²) in [4.78, 5) is 4.21. The number of rotatable bonds is 1. The van der Waals surface area contributed by atoms with E-state index in [1.165, 1.54) is 5.56 Å². The van der Waals surface area contributed by atoms with E-state index in [9.17, 15) is 0 Å². The Morgan fingerprint density at radius 2 is 2.00 bits per heavy atom. The van der Waals surface area contributed by atoms with Crippen LogP contribution in [0.5, 0.6) is 0 Å². The molecular formula is C12H12N4. The van der Waals surface area contributed by atoms with Gasteiger partial charge < -0.3 is 0 Å². The quantitative estimate of drug-likeness (QED) is 0.727. The van der Waals surface area contributed by atoms with E-state index in [1.54, 1.807) is 23.0 Å². The van der Waals surface area contributed by atoms with Crippen molar-refractivity contribution < 1.29 is 0 Å². The van der Waals surface area contributed by atoms with Gasteiger partial charge in [0.1, 0.15) is 6.07 Å². The zero-order chi connectivity index (χ0) is 11.7. The fraction of sp³-hybridized carbons (Fsp3) is 0.250. The first kappa shape index (κ1) is 10.4. The maximum Gasteiger partial charge on any atom is 0.153 e. The molecule has 0 unspecified atom stereocenters. The van der Waals surface area contributed by atoms with Crippen LogP contribution >= 0.6 is 0 Å². The van der Waals surface area contributed by atoms with Gasteiger partial charge in [0.05, 0.1) is 11.3 Å². The zero-order valence-electron chi connectivity index (χ0n) is 9.52. The molecule has 2 rings (SSSR count). The molecule has 80 valence electrons. The van der Waals surface area contributed by atoms with E-state index in [0.29, 0.717) is 5.56 Å². The van der Waals surface area contributed by atoms with Crippen molar-refractivity contribution in [3.63, 3.8) is 0 Å². The van der Waals surface area contributed by atoms with Crippen LogP contribution in [0.2, 0.25) is 0 Å². The first-order valence-electron chi connectivity index (χ1n) is 5.03. The molecule has 0 radical (unpaired) electrons. The largest absolute Gasteiger partial charge is 0.236 e. The Labute approximate surface area is 94.2 Å². The van der Waals surface area contributed by atoms with Crippen molar-refractivity contribution in [2.45, 2.75) is 20.8 Å². The summed E-state index contributed by atoms with van der Waals surface area (Å²) in [5.74, 6) is 0.743. The van der Waals surface area contributed by atoms with E-state index in [-0.39, 0.29) is 0 Å². The standard InChI is InChI=1S/C12H12N4/c1-8-9(2)15-16(10(8)3)12-5-4-11(6-13)7-14-12/h4-5,7H,1-3H3. The molecule has 2 aromatic rings. The minimum Gasteiger partial charge on any atom is -0.236 e. The summed E-state index contributed by atoms with van der Waals surface area (Å²) < 4.78 is 1.80. The van der Waals surface area contributed by atoms with Crippen LogP contribution in [0.3, 0.4) is 0 Å². The van der Waals surface area contributed by atoms with Gasteiger partial charge in [-0.2, -0.15) is 10.4 Å². The van der Waals surface area contributed by atoms with Crippen molar-refractivity contribution in [3.05, 3.63) is 40.8 Å². The van der Waals surface area contributed by atoms with Crippen LogP contribution in [-0.2, 0) is 0 Å². The van der Waals surface area contributed by atoms with Gasteiger partial charge in [-0.3, -0.25) is 0 Å². The molecule has 0 saturated heterocycles. The van der Waals surface area contributed by atoms with Gasteiger partial charge in [0.2, 0.25) is 0 Å². The lowest BCUT2D eigenvalue weighted by Crippen LogP contribution is -2.01. The zero-order valence-corrected chi connectivity index (χ0v) is 9.52. The molecule has 0 saturated carbocycles. The fourth-order valence-corrected chi connectivity index (χ4v) is 1.52. The van der Waals surface area contributed by atoms with Crippen molar-refractivity contribution in [2.75, 3.05) is 0 Å². The summed E-state index contributed by atoms with van der Waals surface area (Å²) in [6.07, 6.45) is 1.56. The smallest absolute Gasteiger partial charge is 0.153 e. The highest BCUT2D eigenvalue weighted by Gasteiger charge is 2.09. The molecule has 4 heteroatoms. The maximum atomic E-state index is 8.69. The Kier molecular flexibility index (Phi) is 2.45. The molecule has 0 fully saturated rings. The number of hydrogen-bond acceptors (Lipinski definition) is 3. The van der Waals surface area contributed by atoms with Crippen molar-refractivity contribution in [3.8, 4) is 11.9 Å². The molecule has 2 aromatic heterocycles. The van der Waals surface area contributed by atoms with Gasteiger partial charge in [0.15, 0.2) is 5.82 Å². The highest BCUT2D eigenvalue weighted by molar-refractivity contribution is 5.35. The van der Waals surface area contributed by atoms with Crippen LogP contribution in [0, 0.1) is 32.1 Å².